The Bertz CT molecular complexity index is 540. The zero-order valence-electron chi connectivity index (χ0n) is 11.7. The third-order valence-corrected chi connectivity index (χ3v) is 2.64. The lowest BCUT2D eigenvalue weighted by Gasteiger charge is -2.05. The van der Waals surface area contributed by atoms with Crippen LogP contribution in [0.2, 0.25) is 5.02 Å². The molecule has 2 N–H and O–H groups in total. The van der Waals surface area contributed by atoms with Crippen molar-refractivity contribution in [2.24, 2.45) is 0 Å². The van der Waals surface area contributed by atoms with E-state index in [-0.39, 0.29) is 5.57 Å². The Morgan fingerprint density at radius 1 is 1.62 bits per heavy atom. The second-order valence-corrected chi connectivity index (χ2v) is 4.42. The lowest BCUT2D eigenvalue weighted by Crippen LogP contribution is -2.26. The molecule has 0 saturated heterocycles. The molecule has 0 aliphatic rings. The maximum atomic E-state index is 11.8. The molecular weight excluding hydrogens is 292 g/mol. The molecule has 1 heterocycles. The summed E-state index contributed by atoms with van der Waals surface area (Å²) < 4.78 is 5.15. The standard InChI is InChI=1S/C14H17ClN4O2/c1-2-21-7-3-5-18-14(20)11(9-16)10-19-13-8-12(15)4-6-17-13/h4,6,8,10H,2-3,5,7H2,1H3,(H,17,19)(H,18,20)/b11-10-. The largest absolute Gasteiger partial charge is 0.382 e. The van der Waals surface area contributed by atoms with E-state index in [1.165, 1.54) is 12.4 Å². The molecule has 0 aliphatic carbocycles. The second-order valence-electron chi connectivity index (χ2n) is 3.98. The first-order chi connectivity index (χ1) is 10.2. The number of halogens is 1. The number of amides is 1. The molecule has 112 valence electrons. The molecule has 1 aromatic rings. The fourth-order valence-corrected chi connectivity index (χ4v) is 1.55. The number of pyridine rings is 1. The predicted octanol–water partition coefficient (Wildman–Crippen LogP) is 2.10. The van der Waals surface area contributed by atoms with Crippen LogP contribution in [0.1, 0.15) is 13.3 Å². The minimum absolute atomic E-state index is 0.0341. The highest BCUT2D eigenvalue weighted by Crippen LogP contribution is 2.11. The summed E-state index contributed by atoms with van der Waals surface area (Å²) in [5, 5.41) is 14.9. The van der Waals surface area contributed by atoms with Crippen molar-refractivity contribution in [3.8, 4) is 6.07 Å². The van der Waals surface area contributed by atoms with Crippen LogP contribution < -0.4 is 10.6 Å². The number of rotatable bonds is 8. The van der Waals surface area contributed by atoms with Crippen LogP contribution >= 0.6 is 11.6 Å². The Kier molecular flexibility index (Phi) is 7.87. The molecule has 1 rings (SSSR count). The van der Waals surface area contributed by atoms with Gasteiger partial charge in [0.25, 0.3) is 5.91 Å². The Balaban J connectivity index is 2.47. The van der Waals surface area contributed by atoms with Gasteiger partial charge in [-0.3, -0.25) is 4.79 Å². The van der Waals surface area contributed by atoms with E-state index >= 15 is 0 Å². The first-order valence-electron chi connectivity index (χ1n) is 6.51. The van der Waals surface area contributed by atoms with Crippen molar-refractivity contribution in [3.63, 3.8) is 0 Å². The zero-order valence-corrected chi connectivity index (χ0v) is 12.5. The van der Waals surface area contributed by atoms with E-state index in [0.29, 0.717) is 37.0 Å². The third kappa shape index (κ3) is 6.75. The van der Waals surface area contributed by atoms with Crippen LogP contribution in [0.4, 0.5) is 5.82 Å². The fourth-order valence-electron chi connectivity index (χ4n) is 1.39. The van der Waals surface area contributed by atoms with Gasteiger partial charge in [0.2, 0.25) is 0 Å². The molecule has 0 aromatic carbocycles. The SMILES string of the molecule is CCOCCCNC(=O)/C(C#N)=C\Nc1cc(Cl)ccn1. The van der Waals surface area contributed by atoms with Gasteiger partial charge in [-0.2, -0.15) is 5.26 Å². The molecular formula is C14H17ClN4O2. The lowest BCUT2D eigenvalue weighted by molar-refractivity contribution is -0.117. The van der Waals surface area contributed by atoms with E-state index < -0.39 is 5.91 Å². The highest BCUT2D eigenvalue weighted by atomic mass is 35.5. The number of carbonyl (C=O) groups excluding carboxylic acids is 1. The highest BCUT2D eigenvalue weighted by molar-refractivity contribution is 6.30. The molecule has 1 amide bonds. The predicted molar refractivity (Wildman–Crippen MR) is 80.7 cm³/mol. The Morgan fingerprint density at radius 3 is 3.10 bits per heavy atom. The van der Waals surface area contributed by atoms with Gasteiger partial charge in [-0.05, 0) is 25.5 Å². The van der Waals surface area contributed by atoms with Crippen molar-refractivity contribution in [1.82, 2.24) is 10.3 Å². The van der Waals surface area contributed by atoms with Crippen molar-refractivity contribution >= 4 is 23.3 Å². The fraction of sp³-hybridized carbons (Fsp3) is 0.357. The summed E-state index contributed by atoms with van der Waals surface area (Å²) in [4.78, 5) is 15.8. The minimum Gasteiger partial charge on any atom is -0.382 e. The maximum absolute atomic E-state index is 11.8. The van der Waals surface area contributed by atoms with Crippen molar-refractivity contribution in [3.05, 3.63) is 35.1 Å². The van der Waals surface area contributed by atoms with Gasteiger partial charge in [0.1, 0.15) is 17.5 Å². The van der Waals surface area contributed by atoms with Gasteiger partial charge in [-0.15, -0.1) is 0 Å². The van der Waals surface area contributed by atoms with E-state index in [4.69, 9.17) is 21.6 Å². The number of aromatic nitrogens is 1. The van der Waals surface area contributed by atoms with Gasteiger partial charge in [0.15, 0.2) is 0 Å². The van der Waals surface area contributed by atoms with Gasteiger partial charge >= 0.3 is 0 Å². The van der Waals surface area contributed by atoms with Crippen molar-refractivity contribution in [1.29, 1.82) is 5.26 Å². The highest BCUT2D eigenvalue weighted by Gasteiger charge is 2.07. The number of nitrogens with zero attached hydrogens (tertiary/aromatic N) is 2. The molecule has 1 aromatic heterocycles. The van der Waals surface area contributed by atoms with Crippen molar-refractivity contribution in [2.75, 3.05) is 25.1 Å². The number of anilines is 1. The number of nitrogens with one attached hydrogen (secondary N) is 2. The van der Waals surface area contributed by atoms with Crippen LogP contribution in [0.25, 0.3) is 0 Å². The molecule has 7 heteroatoms. The number of nitriles is 1. The summed E-state index contributed by atoms with van der Waals surface area (Å²) in [5.74, 6) is 0.0166. The Hall–Kier alpha value is -2.10. The van der Waals surface area contributed by atoms with Gasteiger partial charge in [-0.1, -0.05) is 11.6 Å². The van der Waals surface area contributed by atoms with Crippen LogP contribution in [0.5, 0.6) is 0 Å². The second kappa shape index (κ2) is 9.75. The van der Waals surface area contributed by atoms with Crippen LogP contribution in [0.15, 0.2) is 30.1 Å². The molecule has 0 atom stereocenters. The van der Waals surface area contributed by atoms with Gasteiger partial charge < -0.3 is 15.4 Å². The summed E-state index contributed by atoms with van der Waals surface area (Å²) in [6.45, 7) is 3.58. The monoisotopic (exact) mass is 308 g/mol. The zero-order chi connectivity index (χ0) is 15.5. The Morgan fingerprint density at radius 2 is 2.43 bits per heavy atom. The molecule has 6 nitrogen and oxygen atoms in total. The molecule has 0 saturated carbocycles. The smallest absolute Gasteiger partial charge is 0.263 e. The topological polar surface area (TPSA) is 87.0 Å². The first-order valence-corrected chi connectivity index (χ1v) is 6.89. The summed E-state index contributed by atoms with van der Waals surface area (Å²) in [7, 11) is 0. The van der Waals surface area contributed by atoms with Crippen molar-refractivity contribution in [2.45, 2.75) is 13.3 Å². The molecule has 0 fully saturated rings. The molecule has 0 radical (unpaired) electrons. The summed E-state index contributed by atoms with van der Waals surface area (Å²) in [6, 6.07) is 5.06. The summed E-state index contributed by atoms with van der Waals surface area (Å²) >= 11 is 5.81. The molecule has 0 spiro atoms. The number of hydrogen-bond acceptors (Lipinski definition) is 5. The van der Waals surface area contributed by atoms with E-state index in [2.05, 4.69) is 15.6 Å². The van der Waals surface area contributed by atoms with E-state index in [1.54, 1.807) is 12.1 Å². The molecule has 0 bridgehead atoms. The molecule has 0 aliphatic heterocycles. The normalized spacial score (nSPS) is 10.8. The van der Waals surface area contributed by atoms with Crippen LogP contribution in [0, 0.1) is 11.3 Å². The number of ether oxygens (including phenoxy) is 1. The van der Waals surface area contributed by atoms with Gasteiger partial charge in [-0.25, -0.2) is 4.98 Å². The summed E-state index contributed by atoms with van der Waals surface area (Å²) in [6.07, 6.45) is 3.52. The van der Waals surface area contributed by atoms with Crippen LogP contribution in [0.3, 0.4) is 0 Å². The van der Waals surface area contributed by atoms with Crippen molar-refractivity contribution < 1.29 is 9.53 Å². The van der Waals surface area contributed by atoms with Crippen LogP contribution in [-0.2, 0) is 9.53 Å². The average molecular weight is 309 g/mol. The average Bonchev–Trinajstić information content (AvgIpc) is 2.48. The third-order valence-electron chi connectivity index (χ3n) is 2.41. The van der Waals surface area contributed by atoms with E-state index in [0.717, 1.165) is 0 Å². The van der Waals surface area contributed by atoms with E-state index in [1.807, 2.05) is 13.0 Å². The number of carbonyl (C=O) groups is 1. The quantitative estimate of drug-likeness (QED) is 0.436. The van der Waals surface area contributed by atoms with Gasteiger partial charge in [0.05, 0.1) is 0 Å². The Labute approximate surface area is 128 Å². The first kappa shape index (κ1) is 17.0. The summed E-state index contributed by atoms with van der Waals surface area (Å²) in [5.41, 5.74) is -0.0341. The van der Waals surface area contributed by atoms with Crippen LogP contribution in [-0.4, -0.2) is 30.6 Å². The molecule has 21 heavy (non-hydrogen) atoms. The molecule has 0 unspecified atom stereocenters. The lowest BCUT2D eigenvalue weighted by atomic mass is 10.3. The van der Waals surface area contributed by atoms with Gasteiger partial charge in [0, 0.05) is 37.2 Å². The maximum Gasteiger partial charge on any atom is 0.263 e. The number of hydrogen-bond donors (Lipinski definition) is 2. The van der Waals surface area contributed by atoms with E-state index in [9.17, 15) is 4.79 Å². The minimum atomic E-state index is -0.441.